The Hall–Kier alpha value is -2.39. The monoisotopic (exact) mass is 804 g/mol. The van der Waals surface area contributed by atoms with Crippen molar-refractivity contribution in [3.63, 3.8) is 0 Å². The maximum atomic E-state index is 12.7. The fraction of sp³-hybridized carbons (Fsp3) is 0.444. The van der Waals surface area contributed by atoms with Crippen molar-refractivity contribution >= 4 is 48.8 Å². The van der Waals surface area contributed by atoms with Crippen LogP contribution in [0.2, 0.25) is 0 Å². The topological polar surface area (TPSA) is 143 Å². The van der Waals surface area contributed by atoms with E-state index < -0.39 is 35.7 Å². The molecule has 4 amide bonds. The second-order valence-corrected chi connectivity index (χ2v) is 13.7. The number of carbonyl (C=O) groups excluding carboxylic acids is 8. The molecule has 2 radical (unpaired) electrons. The van der Waals surface area contributed by atoms with Gasteiger partial charge in [0.05, 0.1) is 22.3 Å². The summed E-state index contributed by atoms with van der Waals surface area (Å²) in [6.45, 7) is 12.3. The molecule has 0 saturated heterocycles. The molecule has 0 fully saturated rings. The molecule has 0 saturated carbocycles. The molecule has 2 atom stereocenters. The molecule has 2 aliphatic rings. The molecule has 2 heterocycles. The predicted molar refractivity (Wildman–Crippen MR) is 169 cm³/mol. The van der Waals surface area contributed by atoms with Gasteiger partial charge in [0.1, 0.15) is 0 Å². The zero-order valence-electron chi connectivity index (χ0n) is 28.2. The quantitative estimate of drug-likeness (QED) is 0.226. The Kier molecular flexibility index (Phi) is 16.9. The fourth-order valence-electron chi connectivity index (χ4n) is 5.62. The van der Waals surface area contributed by atoms with Gasteiger partial charge in [-0.3, -0.25) is 41.6 Å². The van der Waals surface area contributed by atoms with E-state index in [0.29, 0.717) is 35.1 Å². The smallest absolute Gasteiger partial charge is 0.259 e. The number of hydrogen-bond acceptors (Lipinski definition) is 8. The van der Waals surface area contributed by atoms with Gasteiger partial charge in [-0.05, 0) is 46.9 Å². The van der Waals surface area contributed by atoms with E-state index in [1.807, 2.05) is 53.7 Å². The first-order valence-corrected chi connectivity index (χ1v) is 15.0. The molecule has 2 aromatic rings. The minimum atomic E-state index is -1.05. The van der Waals surface area contributed by atoms with Crippen molar-refractivity contribution in [3.8, 4) is 0 Å². The number of nitrogens with zero attached hydrogens (tertiary/aromatic N) is 2. The summed E-state index contributed by atoms with van der Waals surface area (Å²) in [5.74, 6) is -1.96. The van der Waals surface area contributed by atoms with Crippen LogP contribution in [-0.2, 0) is 97.4 Å². The second kappa shape index (κ2) is 18.6. The van der Waals surface area contributed by atoms with Crippen LogP contribution in [0, 0.1) is 10.8 Å². The number of benzene rings is 2. The standard InChI is InChI=1S/2C18H19NO4.2Y/c2*1-18(2,3)10-12-6-4-8-14-15(12)17(23)19(16(14)22)13(11-21)7-5-9-20;;/h2*4,6,8,13H,5,7,10H2,1-3H3;;/q2*-2;;. The van der Waals surface area contributed by atoms with Crippen LogP contribution in [0.3, 0.4) is 0 Å². The van der Waals surface area contributed by atoms with Crippen LogP contribution in [0.5, 0.6) is 0 Å². The molecule has 0 bridgehead atoms. The van der Waals surface area contributed by atoms with Gasteiger partial charge < -0.3 is 19.2 Å². The largest absolute Gasteiger partial charge is 0.542 e. The molecule has 250 valence electrons. The summed E-state index contributed by atoms with van der Waals surface area (Å²) in [5.41, 5.74) is 2.85. The van der Waals surface area contributed by atoms with Gasteiger partial charge in [0, 0.05) is 65.4 Å². The average molecular weight is 805 g/mol. The molecule has 12 heteroatoms. The molecular formula is C36H38N2O8Y2-4. The van der Waals surface area contributed by atoms with E-state index in [1.165, 1.54) is 0 Å². The molecule has 2 aromatic carbocycles. The molecule has 0 aliphatic carbocycles. The summed E-state index contributed by atoms with van der Waals surface area (Å²) in [7, 11) is 0. The Bertz CT molecular complexity index is 1440. The minimum Gasteiger partial charge on any atom is -0.542 e. The third-order valence-corrected chi connectivity index (χ3v) is 7.44. The Morgan fingerprint density at radius 3 is 1.17 bits per heavy atom. The summed E-state index contributed by atoms with van der Waals surface area (Å²) in [6, 6.07) is 8.23. The SMILES string of the molecule is CC(C)(C)Cc1cccc2c1C(=O)N(C([C-]=O)CC[C-]=O)C2=O.CC(C)(C)Cc1cccc2c1C(=O)N(C([C-]=O)CC[C-]=O)C2=O.[Y].[Y]. The summed E-state index contributed by atoms with van der Waals surface area (Å²) in [6.07, 6.45) is 8.06. The number of imide groups is 2. The Labute approximate surface area is 332 Å². The number of fused-ring (bicyclic) bond motifs is 2. The van der Waals surface area contributed by atoms with E-state index >= 15 is 0 Å². The van der Waals surface area contributed by atoms with Crippen molar-refractivity contribution in [2.24, 2.45) is 10.8 Å². The van der Waals surface area contributed by atoms with Crippen molar-refractivity contribution in [2.45, 2.75) is 92.2 Å². The van der Waals surface area contributed by atoms with E-state index in [-0.39, 0.29) is 102 Å². The molecule has 10 nitrogen and oxygen atoms in total. The van der Waals surface area contributed by atoms with Gasteiger partial charge in [-0.25, -0.2) is 12.6 Å². The predicted octanol–water partition coefficient (Wildman–Crippen LogP) is 4.47. The number of hydrogen-bond donors (Lipinski definition) is 0. The van der Waals surface area contributed by atoms with Crippen LogP contribution < -0.4 is 0 Å². The van der Waals surface area contributed by atoms with E-state index in [0.717, 1.165) is 20.9 Å². The Balaban J connectivity index is 0.000000461. The third-order valence-electron chi connectivity index (χ3n) is 7.44. The number of amides is 4. The van der Waals surface area contributed by atoms with E-state index in [1.54, 1.807) is 49.4 Å². The summed E-state index contributed by atoms with van der Waals surface area (Å²) in [4.78, 5) is 95.4. The number of rotatable bonds is 12. The maximum Gasteiger partial charge on any atom is 0.259 e. The molecule has 48 heavy (non-hydrogen) atoms. The van der Waals surface area contributed by atoms with Gasteiger partial charge in [-0.1, -0.05) is 90.7 Å². The molecule has 2 unspecified atom stereocenters. The summed E-state index contributed by atoms with van der Waals surface area (Å²) >= 11 is 0. The van der Waals surface area contributed by atoms with Crippen LogP contribution in [0.15, 0.2) is 36.4 Å². The molecule has 0 N–H and O–H groups in total. The third kappa shape index (κ3) is 10.3. The molecule has 0 spiro atoms. The average Bonchev–Trinajstić information content (AvgIpc) is 3.39. The van der Waals surface area contributed by atoms with Crippen molar-refractivity contribution in [2.75, 3.05) is 0 Å². The Morgan fingerprint density at radius 1 is 0.562 bits per heavy atom. The van der Waals surface area contributed by atoms with Gasteiger partial charge >= 0.3 is 0 Å². The van der Waals surface area contributed by atoms with Gasteiger partial charge in [-0.2, -0.15) is 12.8 Å². The Morgan fingerprint density at radius 2 is 0.896 bits per heavy atom. The summed E-state index contributed by atoms with van der Waals surface area (Å²) < 4.78 is 0. The first-order chi connectivity index (χ1) is 21.6. The van der Waals surface area contributed by atoms with Crippen molar-refractivity contribution in [1.29, 1.82) is 0 Å². The minimum absolute atomic E-state index is 0. The van der Waals surface area contributed by atoms with Crippen molar-refractivity contribution in [3.05, 3.63) is 69.8 Å². The molecular weight excluding hydrogens is 766 g/mol. The fourth-order valence-corrected chi connectivity index (χ4v) is 5.62. The molecule has 4 rings (SSSR count). The van der Waals surface area contributed by atoms with Crippen molar-refractivity contribution < 1.29 is 104 Å². The van der Waals surface area contributed by atoms with Crippen LogP contribution in [0.25, 0.3) is 0 Å². The maximum absolute atomic E-state index is 12.7. The first-order valence-electron chi connectivity index (χ1n) is 15.0. The second-order valence-electron chi connectivity index (χ2n) is 13.7. The zero-order chi connectivity index (χ0) is 34.4. The van der Waals surface area contributed by atoms with E-state index in [2.05, 4.69) is 0 Å². The van der Waals surface area contributed by atoms with E-state index in [9.17, 15) is 38.4 Å². The first kappa shape index (κ1) is 43.6. The van der Waals surface area contributed by atoms with Gasteiger partial charge in [-0.15, -0.1) is 0 Å². The van der Waals surface area contributed by atoms with Gasteiger partial charge in [0.15, 0.2) is 0 Å². The molecule has 2 aliphatic heterocycles. The molecule has 0 aromatic heterocycles. The zero-order valence-corrected chi connectivity index (χ0v) is 33.9. The van der Waals surface area contributed by atoms with Crippen LogP contribution in [-0.4, -0.2) is 70.7 Å². The summed E-state index contributed by atoms with van der Waals surface area (Å²) in [5, 5.41) is 0. The number of carbonyl (C=O) groups is 4. The van der Waals surface area contributed by atoms with Crippen molar-refractivity contribution in [1.82, 2.24) is 9.80 Å². The van der Waals surface area contributed by atoms with Crippen LogP contribution >= 0.6 is 0 Å². The van der Waals surface area contributed by atoms with Crippen LogP contribution in [0.4, 0.5) is 0 Å². The van der Waals surface area contributed by atoms with E-state index in [4.69, 9.17) is 0 Å². The normalized spacial score (nSPS) is 14.9. The van der Waals surface area contributed by atoms with Crippen LogP contribution in [0.1, 0.15) is 120 Å². The van der Waals surface area contributed by atoms with Gasteiger partial charge in [0.25, 0.3) is 23.6 Å². The van der Waals surface area contributed by atoms with Gasteiger partial charge in [0.2, 0.25) is 0 Å².